The molecule has 1 saturated carbocycles. The summed E-state index contributed by atoms with van der Waals surface area (Å²) in [6.07, 6.45) is -0.265. The summed E-state index contributed by atoms with van der Waals surface area (Å²) in [5, 5.41) is 3.38. The fourth-order valence-electron chi connectivity index (χ4n) is 2.85. The third-order valence-corrected chi connectivity index (χ3v) is 6.38. The molecule has 0 spiro atoms. The van der Waals surface area contributed by atoms with Crippen LogP contribution in [-0.2, 0) is 9.84 Å². The van der Waals surface area contributed by atoms with Gasteiger partial charge >= 0.3 is 0 Å². The van der Waals surface area contributed by atoms with E-state index >= 15 is 0 Å². The average Bonchev–Trinajstić information content (AvgIpc) is 3.15. The quantitative estimate of drug-likeness (QED) is 0.845. The summed E-state index contributed by atoms with van der Waals surface area (Å²) >= 11 is 5.84. The minimum Gasteiger partial charge on any atom is -0.239 e. The molecule has 4 rings (SSSR count). The molecule has 1 aliphatic carbocycles. The number of sulfone groups is 1. The van der Waals surface area contributed by atoms with Crippen LogP contribution in [0, 0.1) is 5.82 Å². The Balaban J connectivity index is 1.78. The molecule has 0 unspecified atom stereocenters. The van der Waals surface area contributed by atoms with Gasteiger partial charge in [-0.1, -0.05) is 11.6 Å². The van der Waals surface area contributed by atoms with E-state index in [1.165, 1.54) is 16.8 Å². The molecule has 0 N–H and O–H groups in total. The lowest BCUT2D eigenvalue weighted by atomic mass is 10.0. The molecule has 1 aromatic heterocycles. The predicted octanol–water partition coefficient (Wildman–Crippen LogP) is 3.01. The van der Waals surface area contributed by atoms with Gasteiger partial charge in [-0.25, -0.2) is 21.9 Å². The molecule has 1 fully saturated rings. The van der Waals surface area contributed by atoms with E-state index in [-0.39, 0.29) is 22.4 Å². The number of hydrogen-bond donors (Lipinski definition) is 0. The molecule has 0 amide bonds. The topological polar surface area (TPSA) is 64.8 Å². The first-order valence-corrected chi connectivity index (χ1v) is 9.09. The zero-order valence-corrected chi connectivity index (χ0v) is 13.4. The Kier molecular flexibility index (Phi) is 3.25. The van der Waals surface area contributed by atoms with E-state index in [0.29, 0.717) is 18.4 Å². The van der Waals surface area contributed by atoms with Gasteiger partial charge in [0.25, 0.3) is 5.16 Å². The van der Waals surface area contributed by atoms with Crippen molar-refractivity contribution in [1.82, 2.24) is 14.8 Å². The first-order valence-electron chi connectivity index (χ1n) is 7.16. The van der Waals surface area contributed by atoms with Crippen molar-refractivity contribution < 1.29 is 17.2 Å². The van der Waals surface area contributed by atoms with Gasteiger partial charge in [-0.15, -0.1) is 5.10 Å². The monoisotopic (exact) mass is 359 g/mol. The summed E-state index contributed by atoms with van der Waals surface area (Å²) in [6, 6.07) is 3.30. The molecule has 0 radical (unpaired) electrons. The van der Waals surface area contributed by atoms with Crippen molar-refractivity contribution in [2.75, 3.05) is 0 Å². The lowest BCUT2D eigenvalue weighted by molar-refractivity contribution is 0.326. The van der Waals surface area contributed by atoms with E-state index < -0.39 is 33.1 Å². The molecular weight excluding hydrogens is 348 g/mol. The first kappa shape index (κ1) is 15.0. The van der Waals surface area contributed by atoms with Crippen LogP contribution in [0.15, 0.2) is 23.4 Å². The summed E-state index contributed by atoms with van der Waals surface area (Å²) < 4.78 is 53.4. The highest BCUT2D eigenvalue weighted by Crippen LogP contribution is 2.41. The van der Waals surface area contributed by atoms with Crippen molar-refractivity contribution in [1.29, 1.82) is 0 Å². The van der Waals surface area contributed by atoms with Crippen LogP contribution in [-0.4, -0.2) is 28.4 Å². The predicted molar refractivity (Wildman–Crippen MR) is 78.2 cm³/mol. The van der Waals surface area contributed by atoms with Crippen molar-refractivity contribution in [2.45, 2.75) is 41.9 Å². The lowest BCUT2D eigenvalue weighted by Gasteiger charge is -2.12. The number of nitrogens with zero attached hydrogens (tertiary/aromatic N) is 3. The normalized spacial score (nSPS) is 24.0. The summed E-state index contributed by atoms with van der Waals surface area (Å²) in [7, 11) is -3.60. The number of halogens is 3. The maximum absolute atomic E-state index is 14.2. The van der Waals surface area contributed by atoms with E-state index in [2.05, 4.69) is 10.1 Å². The molecule has 9 heteroatoms. The van der Waals surface area contributed by atoms with Gasteiger partial charge in [-0.05, 0) is 36.6 Å². The molecule has 1 aromatic carbocycles. The molecule has 2 aromatic rings. The van der Waals surface area contributed by atoms with Crippen LogP contribution >= 0.6 is 11.6 Å². The molecule has 5 nitrogen and oxygen atoms in total. The van der Waals surface area contributed by atoms with Crippen LogP contribution in [0.25, 0.3) is 0 Å². The molecule has 2 aliphatic rings. The fraction of sp³-hybridized carbons (Fsp3) is 0.429. The molecule has 2 atom stereocenters. The third-order valence-electron chi connectivity index (χ3n) is 4.13. The van der Waals surface area contributed by atoms with E-state index in [0.717, 1.165) is 6.07 Å². The number of hydrogen-bond acceptors (Lipinski definition) is 4. The van der Waals surface area contributed by atoms with Crippen LogP contribution in [0.5, 0.6) is 0 Å². The second kappa shape index (κ2) is 4.98. The number of fused-ring (bicyclic) bond motifs is 1. The van der Waals surface area contributed by atoms with E-state index in [1.54, 1.807) is 0 Å². The average molecular weight is 360 g/mol. The van der Waals surface area contributed by atoms with Gasteiger partial charge in [-0.2, -0.15) is 4.98 Å². The van der Waals surface area contributed by atoms with Crippen LogP contribution in [0.1, 0.15) is 42.9 Å². The lowest BCUT2D eigenvalue weighted by Crippen LogP contribution is -2.12. The van der Waals surface area contributed by atoms with Crippen LogP contribution < -0.4 is 0 Å². The number of alkyl halides is 1. The van der Waals surface area contributed by atoms with Crippen LogP contribution in [0.3, 0.4) is 0 Å². The number of benzene rings is 1. The van der Waals surface area contributed by atoms with Gasteiger partial charge in [0.15, 0.2) is 12.0 Å². The van der Waals surface area contributed by atoms with Crippen molar-refractivity contribution in [3.63, 3.8) is 0 Å². The molecule has 23 heavy (non-hydrogen) atoms. The van der Waals surface area contributed by atoms with Crippen LogP contribution in [0.4, 0.5) is 8.78 Å². The van der Waals surface area contributed by atoms with Gasteiger partial charge in [0.05, 0.1) is 11.3 Å². The Morgan fingerprint density at radius 1 is 1.26 bits per heavy atom. The Bertz CT molecular complexity index is 875. The zero-order chi connectivity index (χ0) is 16.4. The van der Waals surface area contributed by atoms with Crippen molar-refractivity contribution >= 4 is 21.4 Å². The minimum atomic E-state index is -3.60. The van der Waals surface area contributed by atoms with Crippen molar-refractivity contribution in [3.05, 3.63) is 40.4 Å². The second-order valence-electron chi connectivity index (χ2n) is 5.86. The molecular formula is C14H12ClF2N3O2S. The van der Waals surface area contributed by atoms with Crippen molar-refractivity contribution in [2.24, 2.45) is 0 Å². The molecule has 2 heterocycles. The maximum atomic E-state index is 14.2. The highest BCUT2D eigenvalue weighted by molar-refractivity contribution is 7.92. The Labute approximate surface area is 136 Å². The summed E-state index contributed by atoms with van der Waals surface area (Å²) in [4.78, 5) is 3.89. The van der Waals surface area contributed by atoms with Gasteiger partial charge < -0.3 is 0 Å². The zero-order valence-electron chi connectivity index (χ0n) is 11.8. The second-order valence-corrected chi connectivity index (χ2v) is 8.42. The van der Waals surface area contributed by atoms with E-state index in [4.69, 9.17) is 11.6 Å². The van der Waals surface area contributed by atoms with Gasteiger partial charge in [-0.3, -0.25) is 0 Å². The molecule has 1 aliphatic heterocycles. The highest BCUT2D eigenvalue weighted by Gasteiger charge is 2.43. The Morgan fingerprint density at radius 2 is 2.00 bits per heavy atom. The molecule has 0 bridgehead atoms. The summed E-state index contributed by atoms with van der Waals surface area (Å²) in [6.45, 7) is 0. The fourth-order valence-corrected chi connectivity index (χ4v) is 4.56. The van der Waals surface area contributed by atoms with Crippen LogP contribution in [0.2, 0.25) is 5.02 Å². The Morgan fingerprint density at radius 3 is 2.65 bits per heavy atom. The minimum absolute atomic E-state index is 0.0267. The third kappa shape index (κ3) is 2.44. The maximum Gasteiger partial charge on any atom is 0.267 e. The molecule has 0 saturated heterocycles. The highest BCUT2D eigenvalue weighted by atomic mass is 35.5. The van der Waals surface area contributed by atoms with Gasteiger partial charge in [0.2, 0.25) is 9.84 Å². The Hall–Kier alpha value is -1.54. The van der Waals surface area contributed by atoms with Crippen molar-refractivity contribution in [3.8, 4) is 0 Å². The first-order chi connectivity index (χ1) is 10.9. The van der Waals surface area contributed by atoms with E-state index in [1.807, 2.05) is 0 Å². The summed E-state index contributed by atoms with van der Waals surface area (Å²) in [5.41, 5.74) is 0.441. The number of rotatable bonds is 3. The van der Waals surface area contributed by atoms with Gasteiger partial charge in [0, 0.05) is 11.4 Å². The largest absolute Gasteiger partial charge is 0.267 e. The molecule has 122 valence electrons. The summed E-state index contributed by atoms with van der Waals surface area (Å²) in [5.74, 6) is -0.572. The van der Waals surface area contributed by atoms with E-state index in [9.17, 15) is 17.2 Å². The number of aromatic nitrogens is 3. The SMILES string of the molecule is O=S(=O)(c1nc2n(n1)[C@H](c1cc(F)cc(Cl)c1)C[C@@H]2F)C1CC1. The smallest absolute Gasteiger partial charge is 0.239 e. The van der Waals surface area contributed by atoms with Gasteiger partial charge in [0.1, 0.15) is 5.82 Å². The standard InChI is InChI=1S/C14H12ClF2N3O2S/c15-8-3-7(4-9(16)5-8)12-6-11(17)13-18-14(19-20(12)13)23(21,22)10-1-2-10/h3-5,10-12H,1-2,6H2/t11-,12-/m0/s1.